The number of hydrogen-bond donors (Lipinski definition) is 0. The number of hydrogen-bond acceptors (Lipinski definition) is 4. The fourth-order valence-electron chi connectivity index (χ4n) is 2.89. The third kappa shape index (κ3) is 4.42. The quantitative estimate of drug-likeness (QED) is 0.719. The number of aromatic nitrogens is 1. The minimum absolute atomic E-state index is 0.0864. The number of rotatable bonds is 2. The van der Waals surface area contributed by atoms with Gasteiger partial charge in [-0.05, 0) is 39.0 Å². The summed E-state index contributed by atoms with van der Waals surface area (Å²) >= 11 is 3.56. The van der Waals surface area contributed by atoms with E-state index in [1.807, 2.05) is 45.2 Å². The van der Waals surface area contributed by atoms with E-state index in [9.17, 15) is 4.79 Å². The first-order chi connectivity index (χ1) is 11.8. The van der Waals surface area contributed by atoms with Gasteiger partial charge in [-0.3, -0.25) is 4.98 Å². The molecule has 1 aliphatic heterocycles. The maximum Gasteiger partial charge on any atom is 0.410 e. The normalized spacial score (nSPS) is 16.1. The van der Waals surface area contributed by atoms with Crippen molar-refractivity contribution in [2.45, 2.75) is 45.3 Å². The molecule has 0 aliphatic carbocycles. The molecule has 2 aromatic rings. The molecule has 5 nitrogen and oxygen atoms in total. The molecule has 0 bridgehead atoms. The summed E-state index contributed by atoms with van der Waals surface area (Å²) in [6.45, 7) is 6.94. The Labute approximate surface area is 156 Å². The molecule has 0 unspecified atom stereocenters. The summed E-state index contributed by atoms with van der Waals surface area (Å²) < 4.78 is 12.7. The number of carbonyl (C=O) groups is 1. The SMILES string of the molecule is CC(C)(C)OC(=O)N1CCC(Oc2ccc(Br)c3ccncc23)CC1. The number of halogens is 1. The summed E-state index contributed by atoms with van der Waals surface area (Å²) in [5.41, 5.74) is -0.465. The summed E-state index contributed by atoms with van der Waals surface area (Å²) in [6, 6.07) is 5.93. The lowest BCUT2D eigenvalue weighted by molar-refractivity contribution is 0.0128. The van der Waals surface area contributed by atoms with Crippen molar-refractivity contribution < 1.29 is 14.3 Å². The number of nitrogens with zero attached hydrogens (tertiary/aromatic N) is 2. The number of pyridine rings is 1. The molecule has 1 aromatic heterocycles. The Morgan fingerprint density at radius 2 is 1.92 bits per heavy atom. The minimum Gasteiger partial charge on any atom is -0.490 e. The molecule has 1 aliphatic rings. The third-order valence-electron chi connectivity index (χ3n) is 4.11. The van der Waals surface area contributed by atoms with Gasteiger partial charge in [-0.2, -0.15) is 0 Å². The van der Waals surface area contributed by atoms with Crippen LogP contribution in [0, 0.1) is 0 Å². The fourth-order valence-corrected chi connectivity index (χ4v) is 3.37. The van der Waals surface area contributed by atoms with Crippen LogP contribution >= 0.6 is 15.9 Å². The van der Waals surface area contributed by atoms with Gasteiger partial charge in [-0.1, -0.05) is 15.9 Å². The minimum atomic E-state index is -0.465. The van der Waals surface area contributed by atoms with Gasteiger partial charge in [0.15, 0.2) is 0 Å². The van der Waals surface area contributed by atoms with E-state index in [1.165, 1.54) is 0 Å². The first-order valence-corrected chi connectivity index (χ1v) is 9.29. The van der Waals surface area contributed by atoms with Crippen LogP contribution in [0.25, 0.3) is 10.8 Å². The molecule has 25 heavy (non-hydrogen) atoms. The Hall–Kier alpha value is -1.82. The van der Waals surface area contributed by atoms with Crippen LogP contribution < -0.4 is 4.74 Å². The van der Waals surface area contributed by atoms with E-state index in [-0.39, 0.29) is 12.2 Å². The molecule has 1 amide bonds. The number of amides is 1. The predicted octanol–water partition coefficient (Wildman–Crippen LogP) is 4.78. The molecule has 0 saturated carbocycles. The molecule has 1 aromatic carbocycles. The summed E-state index contributed by atoms with van der Waals surface area (Å²) in [6.07, 6.45) is 5.02. The van der Waals surface area contributed by atoms with Crippen molar-refractivity contribution in [2.24, 2.45) is 0 Å². The average Bonchev–Trinajstić information content (AvgIpc) is 2.57. The molecule has 3 rings (SSSR count). The molecule has 1 saturated heterocycles. The van der Waals surface area contributed by atoms with Crippen molar-refractivity contribution in [3.63, 3.8) is 0 Å². The molecular weight excluding hydrogens is 384 g/mol. The highest BCUT2D eigenvalue weighted by atomic mass is 79.9. The van der Waals surface area contributed by atoms with E-state index in [4.69, 9.17) is 9.47 Å². The molecule has 1 fully saturated rings. The lowest BCUT2D eigenvalue weighted by Crippen LogP contribution is -2.44. The zero-order valence-electron chi connectivity index (χ0n) is 14.8. The second-order valence-corrected chi connectivity index (χ2v) is 8.11. The van der Waals surface area contributed by atoms with E-state index in [2.05, 4.69) is 20.9 Å². The maximum absolute atomic E-state index is 12.1. The van der Waals surface area contributed by atoms with Gasteiger partial charge < -0.3 is 14.4 Å². The van der Waals surface area contributed by atoms with Crippen LogP contribution in [-0.2, 0) is 4.74 Å². The third-order valence-corrected chi connectivity index (χ3v) is 4.80. The van der Waals surface area contributed by atoms with Crippen LogP contribution in [0.4, 0.5) is 4.79 Å². The number of fused-ring (bicyclic) bond motifs is 1. The monoisotopic (exact) mass is 406 g/mol. The van der Waals surface area contributed by atoms with E-state index in [1.54, 1.807) is 11.1 Å². The zero-order chi connectivity index (χ0) is 18.0. The second kappa shape index (κ2) is 7.20. The summed E-state index contributed by atoms with van der Waals surface area (Å²) in [7, 11) is 0. The largest absolute Gasteiger partial charge is 0.490 e. The maximum atomic E-state index is 12.1. The number of likely N-dealkylation sites (tertiary alicyclic amines) is 1. The van der Waals surface area contributed by atoms with Crippen molar-refractivity contribution in [3.05, 3.63) is 35.1 Å². The molecule has 0 N–H and O–H groups in total. The molecule has 2 heterocycles. The van der Waals surface area contributed by atoms with Gasteiger partial charge >= 0.3 is 6.09 Å². The Morgan fingerprint density at radius 3 is 2.60 bits per heavy atom. The van der Waals surface area contributed by atoms with E-state index in [0.717, 1.165) is 33.8 Å². The Bertz CT molecular complexity index is 765. The van der Waals surface area contributed by atoms with E-state index < -0.39 is 5.60 Å². The van der Waals surface area contributed by atoms with E-state index in [0.29, 0.717) is 13.1 Å². The molecule has 6 heteroatoms. The topological polar surface area (TPSA) is 51.7 Å². The van der Waals surface area contributed by atoms with Gasteiger partial charge in [0, 0.05) is 53.6 Å². The zero-order valence-corrected chi connectivity index (χ0v) is 16.4. The number of piperidine rings is 1. The molecular formula is C19H23BrN2O3. The average molecular weight is 407 g/mol. The van der Waals surface area contributed by atoms with Crippen molar-refractivity contribution >= 4 is 32.8 Å². The molecule has 0 spiro atoms. The van der Waals surface area contributed by atoms with Gasteiger partial charge in [-0.25, -0.2) is 4.79 Å². The van der Waals surface area contributed by atoms with E-state index >= 15 is 0 Å². The van der Waals surface area contributed by atoms with Gasteiger partial charge in [0.1, 0.15) is 17.5 Å². The Morgan fingerprint density at radius 1 is 1.20 bits per heavy atom. The number of ether oxygens (including phenoxy) is 2. The molecule has 134 valence electrons. The van der Waals surface area contributed by atoms with Gasteiger partial charge in [0.2, 0.25) is 0 Å². The van der Waals surface area contributed by atoms with Crippen LogP contribution in [0.15, 0.2) is 35.1 Å². The van der Waals surface area contributed by atoms with Crippen molar-refractivity contribution in [3.8, 4) is 5.75 Å². The summed E-state index contributed by atoms with van der Waals surface area (Å²) in [4.78, 5) is 18.1. The first kappa shape index (κ1) is 18.0. The lowest BCUT2D eigenvalue weighted by Gasteiger charge is -2.33. The van der Waals surface area contributed by atoms with Crippen LogP contribution in [0.2, 0.25) is 0 Å². The van der Waals surface area contributed by atoms with Gasteiger partial charge in [0.25, 0.3) is 0 Å². The van der Waals surface area contributed by atoms with Crippen LogP contribution in [0.1, 0.15) is 33.6 Å². The Balaban J connectivity index is 1.63. The smallest absolute Gasteiger partial charge is 0.410 e. The highest BCUT2D eigenvalue weighted by Crippen LogP contribution is 2.32. The molecule has 0 atom stereocenters. The van der Waals surface area contributed by atoms with Crippen molar-refractivity contribution in [1.82, 2.24) is 9.88 Å². The first-order valence-electron chi connectivity index (χ1n) is 8.50. The predicted molar refractivity (Wildman–Crippen MR) is 101 cm³/mol. The standard InChI is InChI=1S/C19H23BrN2O3/c1-19(2,3)25-18(23)22-10-7-13(8-11-22)24-17-5-4-16(20)14-6-9-21-12-15(14)17/h4-6,9,12-13H,7-8,10-11H2,1-3H3. The van der Waals surface area contributed by atoms with Crippen LogP contribution in [0.5, 0.6) is 5.75 Å². The number of carbonyl (C=O) groups excluding carboxylic acids is 1. The number of benzene rings is 1. The van der Waals surface area contributed by atoms with Crippen LogP contribution in [-0.4, -0.2) is 40.8 Å². The van der Waals surface area contributed by atoms with Crippen molar-refractivity contribution in [1.29, 1.82) is 0 Å². The summed E-state index contributed by atoms with van der Waals surface area (Å²) in [5, 5.41) is 2.07. The van der Waals surface area contributed by atoms with Gasteiger partial charge in [0.05, 0.1) is 0 Å². The van der Waals surface area contributed by atoms with Gasteiger partial charge in [-0.15, -0.1) is 0 Å². The highest BCUT2D eigenvalue weighted by Gasteiger charge is 2.27. The highest BCUT2D eigenvalue weighted by molar-refractivity contribution is 9.10. The van der Waals surface area contributed by atoms with Crippen LogP contribution in [0.3, 0.4) is 0 Å². The lowest BCUT2D eigenvalue weighted by atomic mass is 10.1. The Kier molecular flexibility index (Phi) is 5.18. The summed E-state index contributed by atoms with van der Waals surface area (Å²) in [5.74, 6) is 0.835. The fraction of sp³-hybridized carbons (Fsp3) is 0.474. The second-order valence-electron chi connectivity index (χ2n) is 7.25. The van der Waals surface area contributed by atoms with Crippen molar-refractivity contribution in [2.75, 3.05) is 13.1 Å². The molecule has 0 radical (unpaired) electrons.